The van der Waals surface area contributed by atoms with Crippen LogP contribution in [0.2, 0.25) is 0 Å². The summed E-state index contributed by atoms with van der Waals surface area (Å²) in [5.74, 6) is -2.01. The van der Waals surface area contributed by atoms with Gasteiger partial charge in [0.05, 0.1) is 12.1 Å². The van der Waals surface area contributed by atoms with E-state index in [4.69, 9.17) is 0 Å². The van der Waals surface area contributed by atoms with Crippen LogP contribution < -0.4 is 9.62 Å². The Hall–Kier alpha value is -2.96. The topological polar surface area (TPSA) is 107 Å². The van der Waals surface area contributed by atoms with Crippen LogP contribution in [-0.4, -0.2) is 55.4 Å². The molecule has 3 rings (SSSR count). The lowest BCUT2D eigenvalue weighted by Crippen LogP contribution is -2.57. The largest absolute Gasteiger partial charge is 0.480 e. The molecule has 192 valence electrons. The zero-order valence-corrected chi connectivity index (χ0v) is 20.1. The highest BCUT2D eigenvalue weighted by molar-refractivity contribution is 7.87. The maximum atomic E-state index is 12.7. The van der Waals surface area contributed by atoms with Crippen molar-refractivity contribution in [1.29, 1.82) is 0 Å². The molecule has 1 saturated heterocycles. The lowest BCUT2D eigenvalue weighted by Gasteiger charge is -2.34. The lowest BCUT2D eigenvalue weighted by atomic mass is 10.1. The Kier molecular flexibility index (Phi) is 9.81. The quantitative estimate of drug-likeness (QED) is 0.589. The lowest BCUT2D eigenvalue weighted by molar-refractivity contribution is -0.139. The summed E-state index contributed by atoms with van der Waals surface area (Å²) >= 11 is 0. The van der Waals surface area contributed by atoms with Crippen molar-refractivity contribution < 1.29 is 36.3 Å². The monoisotopic (exact) mass is 515 g/mol. The number of carboxylic acids is 1. The molecule has 2 N–H and O–H groups in total. The van der Waals surface area contributed by atoms with E-state index in [0.29, 0.717) is 5.56 Å². The number of benzene rings is 2. The van der Waals surface area contributed by atoms with Gasteiger partial charge in [-0.3, -0.25) is 9.59 Å². The van der Waals surface area contributed by atoms with Crippen molar-refractivity contribution in [1.82, 2.24) is 9.03 Å². The predicted molar refractivity (Wildman–Crippen MR) is 125 cm³/mol. The van der Waals surface area contributed by atoms with Crippen molar-refractivity contribution in [2.45, 2.75) is 38.9 Å². The SMILES string of the molecule is CCC.O=C(O)C(Cc1ccccc1)NS(=O)(=O)N1CCN(c2ccc(C(F)(F)F)cc2)C(=O)C1. The van der Waals surface area contributed by atoms with E-state index in [-0.39, 0.29) is 25.2 Å². The normalized spacial score (nSPS) is 15.8. The molecule has 1 aliphatic rings. The minimum absolute atomic E-state index is 0.0884. The molecule has 12 heteroatoms. The molecular weight excluding hydrogens is 487 g/mol. The zero-order valence-electron chi connectivity index (χ0n) is 19.3. The molecule has 0 bridgehead atoms. The van der Waals surface area contributed by atoms with Gasteiger partial charge in [0.1, 0.15) is 6.04 Å². The van der Waals surface area contributed by atoms with E-state index in [1.807, 2.05) is 0 Å². The van der Waals surface area contributed by atoms with Crippen LogP contribution in [0.3, 0.4) is 0 Å². The number of rotatable bonds is 7. The highest BCUT2D eigenvalue weighted by Gasteiger charge is 2.36. The summed E-state index contributed by atoms with van der Waals surface area (Å²) in [6.45, 7) is 3.43. The van der Waals surface area contributed by atoms with E-state index in [1.54, 1.807) is 30.3 Å². The number of alkyl halides is 3. The summed E-state index contributed by atoms with van der Waals surface area (Å²) in [4.78, 5) is 25.2. The molecule has 0 aliphatic carbocycles. The molecule has 0 radical (unpaired) electrons. The molecular formula is C23H28F3N3O5S. The third-order valence-electron chi connectivity index (χ3n) is 4.90. The Balaban J connectivity index is 0.00000137. The van der Waals surface area contributed by atoms with E-state index in [1.165, 1.54) is 11.3 Å². The fourth-order valence-corrected chi connectivity index (χ4v) is 4.54. The van der Waals surface area contributed by atoms with Gasteiger partial charge in [0.2, 0.25) is 5.91 Å². The molecule has 1 aliphatic heterocycles. The number of piperazine rings is 1. The maximum Gasteiger partial charge on any atom is 0.416 e. The average molecular weight is 516 g/mol. The van der Waals surface area contributed by atoms with Crippen molar-refractivity contribution in [3.05, 3.63) is 65.7 Å². The Morgan fingerprint density at radius 2 is 1.63 bits per heavy atom. The number of nitrogens with one attached hydrogen (secondary N) is 1. The molecule has 0 aromatic heterocycles. The number of carbonyl (C=O) groups excluding carboxylic acids is 1. The van der Waals surface area contributed by atoms with Crippen LogP contribution in [0.5, 0.6) is 0 Å². The first kappa shape index (κ1) is 28.3. The average Bonchev–Trinajstić information content (AvgIpc) is 2.79. The van der Waals surface area contributed by atoms with E-state index in [0.717, 1.165) is 28.6 Å². The third-order valence-corrected chi connectivity index (χ3v) is 6.48. The van der Waals surface area contributed by atoms with Crippen molar-refractivity contribution in [2.75, 3.05) is 24.5 Å². The van der Waals surface area contributed by atoms with E-state index in [2.05, 4.69) is 18.6 Å². The number of carboxylic acid groups (broad SMARTS) is 1. The summed E-state index contributed by atoms with van der Waals surface area (Å²) in [6, 6.07) is 11.0. The van der Waals surface area contributed by atoms with Gasteiger partial charge in [-0.25, -0.2) is 0 Å². The number of hydrogen-bond acceptors (Lipinski definition) is 4. The fourth-order valence-electron chi connectivity index (χ4n) is 3.24. The molecule has 1 amide bonds. The van der Waals surface area contributed by atoms with Crippen LogP contribution in [-0.2, 0) is 32.4 Å². The molecule has 1 heterocycles. The first-order valence-electron chi connectivity index (χ1n) is 10.9. The maximum absolute atomic E-state index is 12.7. The standard InChI is InChI=1S/C20H20F3N3O5S.C3H8/c21-20(22,23)15-6-8-16(9-7-15)26-11-10-25(13-18(26)27)32(30,31)24-17(19(28)29)12-14-4-2-1-3-5-14;1-3-2/h1-9,17,24H,10-13H2,(H,28,29);3H2,1-2H3. The summed E-state index contributed by atoms with van der Waals surface area (Å²) in [5, 5.41) is 9.42. The molecule has 1 fully saturated rings. The first-order valence-corrected chi connectivity index (χ1v) is 12.3. The molecule has 35 heavy (non-hydrogen) atoms. The summed E-state index contributed by atoms with van der Waals surface area (Å²) < 4.78 is 66.5. The minimum Gasteiger partial charge on any atom is -0.480 e. The van der Waals surface area contributed by atoms with E-state index in [9.17, 15) is 36.3 Å². The number of hydrogen-bond donors (Lipinski definition) is 2. The van der Waals surface area contributed by atoms with Gasteiger partial charge in [-0.1, -0.05) is 50.6 Å². The smallest absolute Gasteiger partial charge is 0.416 e. The van der Waals surface area contributed by atoms with Gasteiger partial charge in [0.15, 0.2) is 0 Å². The second kappa shape index (κ2) is 12.1. The van der Waals surface area contributed by atoms with Gasteiger partial charge in [0, 0.05) is 18.8 Å². The molecule has 2 aromatic carbocycles. The number of carbonyl (C=O) groups is 2. The van der Waals surface area contributed by atoms with Crippen LogP contribution in [0.25, 0.3) is 0 Å². The second-order valence-electron chi connectivity index (χ2n) is 7.83. The molecule has 1 unspecified atom stereocenters. The van der Waals surface area contributed by atoms with Crippen LogP contribution in [0.1, 0.15) is 31.4 Å². The highest BCUT2D eigenvalue weighted by Crippen LogP contribution is 2.31. The fraction of sp³-hybridized carbons (Fsp3) is 0.391. The van der Waals surface area contributed by atoms with Crippen molar-refractivity contribution in [3.8, 4) is 0 Å². The van der Waals surface area contributed by atoms with Crippen LogP contribution in [0.15, 0.2) is 54.6 Å². The van der Waals surface area contributed by atoms with E-state index < -0.39 is 46.4 Å². The minimum atomic E-state index is -4.51. The van der Waals surface area contributed by atoms with Gasteiger partial charge in [-0.15, -0.1) is 0 Å². The summed E-state index contributed by atoms with van der Waals surface area (Å²) in [6.07, 6.45) is -3.35. The third kappa shape index (κ3) is 8.05. The van der Waals surface area contributed by atoms with Crippen LogP contribution >= 0.6 is 0 Å². The number of anilines is 1. The number of amides is 1. The van der Waals surface area contributed by atoms with E-state index >= 15 is 0 Å². The number of aliphatic carboxylic acids is 1. The van der Waals surface area contributed by atoms with Crippen molar-refractivity contribution >= 4 is 27.8 Å². The Morgan fingerprint density at radius 1 is 1.06 bits per heavy atom. The van der Waals surface area contributed by atoms with Gasteiger partial charge in [0.25, 0.3) is 10.2 Å². The van der Waals surface area contributed by atoms with Crippen molar-refractivity contribution in [3.63, 3.8) is 0 Å². The van der Waals surface area contributed by atoms with Crippen LogP contribution in [0.4, 0.5) is 18.9 Å². The highest BCUT2D eigenvalue weighted by atomic mass is 32.2. The Morgan fingerprint density at radius 3 is 2.11 bits per heavy atom. The zero-order chi connectivity index (χ0) is 26.2. The summed E-state index contributed by atoms with van der Waals surface area (Å²) in [7, 11) is -4.31. The van der Waals surface area contributed by atoms with Gasteiger partial charge in [-0.2, -0.15) is 30.6 Å². The number of halogens is 3. The Labute approximate surface area is 202 Å². The Bertz CT molecular complexity index is 1090. The van der Waals surface area contributed by atoms with Crippen molar-refractivity contribution in [2.24, 2.45) is 0 Å². The van der Waals surface area contributed by atoms with Gasteiger partial charge < -0.3 is 10.0 Å². The molecule has 0 spiro atoms. The second-order valence-corrected chi connectivity index (χ2v) is 9.54. The summed E-state index contributed by atoms with van der Waals surface area (Å²) in [5.41, 5.74) is -0.0384. The predicted octanol–water partition coefficient (Wildman–Crippen LogP) is 3.30. The number of nitrogens with zero attached hydrogens (tertiary/aromatic N) is 2. The van der Waals surface area contributed by atoms with Gasteiger partial charge >= 0.3 is 12.1 Å². The first-order chi connectivity index (χ1) is 16.4. The molecule has 2 aromatic rings. The van der Waals surface area contributed by atoms with Gasteiger partial charge in [-0.05, 0) is 36.2 Å². The van der Waals surface area contributed by atoms with Crippen LogP contribution in [0, 0.1) is 0 Å². The molecule has 0 saturated carbocycles. The molecule has 8 nitrogen and oxygen atoms in total. The molecule has 1 atom stereocenters.